The summed E-state index contributed by atoms with van der Waals surface area (Å²) >= 11 is 0. The van der Waals surface area contributed by atoms with Gasteiger partial charge in [0.1, 0.15) is 18.1 Å². The standard InChI is InChI=1S/C34H54N2O7/c1-8-25(20-26-10-15-30(41-7)31(21-26)43-18-9-17-39-5)23-34(4,35)32(37)22-29(24(2)3)33(38)36-16-19-42-28-13-11-27(40-6)12-14-28/h10-15,21,24-25,29,32,37H,8-9,16-20,22-23,35H2,1-7H3,(H,36,38)/t25-,29-,32-,34-/m0/s1. The van der Waals surface area contributed by atoms with Gasteiger partial charge in [-0.05, 0) is 80.0 Å². The third-order valence-electron chi connectivity index (χ3n) is 7.92. The Balaban J connectivity index is 1.94. The Kier molecular flexibility index (Phi) is 15.7. The summed E-state index contributed by atoms with van der Waals surface area (Å²) in [5.74, 6) is 2.66. The van der Waals surface area contributed by atoms with E-state index in [4.69, 9.17) is 29.4 Å². The van der Waals surface area contributed by atoms with Gasteiger partial charge in [0.2, 0.25) is 5.91 Å². The highest BCUT2D eigenvalue weighted by Crippen LogP contribution is 2.32. The van der Waals surface area contributed by atoms with Gasteiger partial charge in [-0.3, -0.25) is 4.79 Å². The topological polar surface area (TPSA) is 122 Å². The van der Waals surface area contributed by atoms with E-state index in [-0.39, 0.29) is 30.1 Å². The Bertz CT molecular complexity index is 1070. The van der Waals surface area contributed by atoms with Crippen LogP contribution in [0.1, 0.15) is 58.9 Å². The molecule has 0 bridgehead atoms. The molecule has 0 heterocycles. The predicted octanol–water partition coefficient (Wildman–Crippen LogP) is 5.01. The molecule has 2 aromatic carbocycles. The lowest BCUT2D eigenvalue weighted by atomic mass is 9.77. The zero-order valence-corrected chi connectivity index (χ0v) is 27.2. The minimum atomic E-state index is -0.864. The van der Waals surface area contributed by atoms with Gasteiger partial charge in [0.25, 0.3) is 0 Å². The summed E-state index contributed by atoms with van der Waals surface area (Å²) in [5, 5.41) is 14.3. The fraction of sp³-hybridized carbons (Fsp3) is 0.618. The van der Waals surface area contributed by atoms with E-state index in [1.807, 2.05) is 63.2 Å². The minimum absolute atomic E-state index is 0.0385. The molecule has 9 heteroatoms. The fourth-order valence-electron chi connectivity index (χ4n) is 5.14. The van der Waals surface area contributed by atoms with E-state index in [2.05, 4.69) is 12.2 Å². The number of methoxy groups -OCH3 is 3. The number of benzene rings is 2. The molecule has 0 fully saturated rings. The Morgan fingerprint density at radius 1 is 0.953 bits per heavy atom. The van der Waals surface area contributed by atoms with Gasteiger partial charge in [-0.2, -0.15) is 0 Å². The fourth-order valence-corrected chi connectivity index (χ4v) is 5.14. The molecular formula is C34H54N2O7. The SMILES string of the molecule is CC[C@@H](Cc1ccc(OC)c(OCCCOC)c1)C[C@](C)(N)[C@@H](O)C[C@H](C(=O)NCCOc1ccc(OC)cc1)C(C)C. The van der Waals surface area contributed by atoms with Crippen molar-refractivity contribution in [2.24, 2.45) is 23.5 Å². The van der Waals surface area contributed by atoms with Crippen molar-refractivity contribution in [1.29, 1.82) is 0 Å². The van der Waals surface area contributed by atoms with Crippen LogP contribution in [0, 0.1) is 17.8 Å². The van der Waals surface area contributed by atoms with E-state index >= 15 is 0 Å². The summed E-state index contributed by atoms with van der Waals surface area (Å²) in [6.07, 6.45) is 2.54. The lowest BCUT2D eigenvalue weighted by Crippen LogP contribution is -2.51. The van der Waals surface area contributed by atoms with Gasteiger partial charge >= 0.3 is 0 Å². The third-order valence-corrected chi connectivity index (χ3v) is 7.92. The molecule has 1 amide bonds. The Labute approximate surface area is 258 Å². The van der Waals surface area contributed by atoms with Crippen LogP contribution in [0.5, 0.6) is 23.0 Å². The predicted molar refractivity (Wildman–Crippen MR) is 170 cm³/mol. The maximum Gasteiger partial charge on any atom is 0.223 e. The zero-order chi connectivity index (χ0) is 31.8. The van der Waals surface area contributed by atoms with Crippen molar-refractivity contribution in [1.82, 2.24) is 5.32 Å². The molecule has 0 aliphatic rings. The van der Waals surface area contributed by atoms with Gasteiger partial charge in [-0.25, -0.2) is 0 Å². The number of hydrogen-bond acceptors (Lipinski definition) is 8. The molecule has 0 aromatic heterocycles. The average Bonchev–Trinajstić information content (AvgIpc) is 2.99. The Morgan fingerprint density at radius 3 is 2.26 bits per heavy atom. The van der Waals surface area contributed by atoms with E-state index < -0.39 is 11.6 Å². The number of amides is 1. The van der Waals surface area contributed by atoms with E-state index in [9.17, 15) is 9.90 Å². The summed E-state index contributed by atoms with van der Waals surface area (Å²) in [7, 11) is 4.92. The van der Waals surface area contributed by atoms with Crippen LogP contribution >= 0.6 is 0 Å². The third kappa shape index (κ3) is 12.3. The molecule has 0 spiro atoms. The molecule has 4 N–H and O–H groups in total. The Hall–Kier alpha value is -3.01. The first-order valence-electron chi connectivity index (χ1n) is 15.3. The molecule has 0 saturated heterocycles. The quantitative estimate of drug-likeness (QED) is 0.171. The summed E-state index contributed by atoms with van der Waals surface area (Å²) in [4.78, 5) is 13.1. The highest BCUT2D eigenvalue weighted by molar-refractivity contribution is 5.78. The van der Waals surface area contributed by atoms with Gasteiger partial charge in [-0.15, -0.1) is 0 Å². The smallest absolute Gasteiger partial charge is 0.223 e. The van der Waals surface area contributed by atoms with Crippen molar-refractivity contribution >= 4 is 5.91 Å². The van der Waals surface area contributed by atoms with Crippen molar-refractivity contribution in [2.75, 3.05) is 47.7 Å². The second-order valence-electron chi connectivity index (χ2n) is 11.8. The molecular weight excluding hydrogens is 548 g/mol. The number of nitrogens with one attached hydrogen (secondary N) is 1. The first-order chi connectivity index (χ1) is 20.5. The van der Waals surface area contributed by atoms with E-state index in [1.54, 1.807) is 21.3 Å². The average molecular weight is 603 g/mol. The first-order valence-corrected chi connectivity index (χ1v) is 15.3. The monoisotopic (exact) mass is 602 g/mol. The van der Waals surface area contributed by atoms with Crippen LogP contribution in [0.3, 0.4) is 0 Å². The van der Waals surface area contributed by atoms with Gasteiger partial charge in [0, 0.05) is 31.6 Å². The number of rotatable bonds is 21. The molecule has 2 aromatic rings. The molecule has 0 aliphatic heterocycles. The number of aliphatic hydroxyl groups is 1. The van der Waals surface area contributed by atoms with Crippen molar-refractivity contribution in [2.45, 2.75) is 71.4 Å². The van der Waals surface area contributed by atoms with Crippen LogP contribution < -0.4 is 30.0 Å². The number of aliphatic hydroxyl groups excluding tert-OH is 1. The summed E-state index contributed by atoms with van der Waals surface area (Å²) < 4.78 is 27.4. The molecule has 0 saturated carbocycles. The van der Waals surface area contributed by atoms with Crippen LogP contribution in [0.15, 0.2) is 42.5 Å². The summed E-state index contributed by atoms with van der Waals surface area (Å²) in [6, 6.07) is 13.3. The maximum absolute atomic E-state index is 13.1. The lowest BCUT2D eigenvalue weighted by Gasteiger charge is -2.36. The molecule has 242 valence electrons. The van der Waals surface area contributed by atoms with Crippen LogP contribution in [0.25, 0.3) is 0 Å². The molecule has 2 rings (SSSR count). The van der Waals surface area contributed by atoms with Crippen LogP contribution in [-0.2, 0) is 16.0 Å². The van der Waals surface area contributed by atoms with Crippen LogP contribution in [0.4, 0.5) is 0 Å². The van der Waals surface area contributed by atoms with Crippen molar-refractivity contribution in [3.05, 3.63) is 48.0 Å². The van der Waals surface area contributed by atoms with Gasteiger partial charge < -0.3 is 39.8 Å². The normalized spacial score (nSPS) is 14.8. The second kappa shape index (κ2) is 18.6. The van der Waals surface area contributed by atoms with Gasteiger partial charge in [0.05, 0.1) is 33.5 Å². The Morgan fingerprint density at radius 2 is 1.65 bits per heavy atom. The molecule has 4 atom stereocenters. The zero-order valence-electron chi connectivity index (χ0n) is 27.2. The molecule has 0 unspecified atom stereocenters. The van der Waals surface area contributed by atoms with Crippen molar-refractivity contribution < 1.29 is 33.6 Å². The number of ether oxygens (including phenoxy) is 5. The van der Waals surface area contributed by atoms with E-state index in [1.165, 1.54) is 0 Å². The van der Waals surface area contributed by atoms with Crippen molar-refractivity contribution in [3.8, 4) is 23.0 Å². The first kappa shape index (κ1) is 36.2. The number of carbonyl (C=O) groups excluding carboxylic acids is 1. The largest absolute Gasteiger partial charge is 0.497 e. The minimum Gasteiger partial charge on any atom is -0.497 e. The second-order valence-corrected chi connectivity index (χ2v) is 11.8. The van der Waals surface area contributed by atoms with E-state index in [0.29, 0.717) is 50.0 Å². The maximum atomic E-state index is 13.1. The number of carbonyl (C=O) groups is 1. The highest BCUT2D eigenvalue weighted by atomic mass is 16.5. The van der Waals surface area contributed by atoms with Crippen LogP contribution in [0.2, 0.25) is 0 Å². The molecule has 0 aliphatic carbocycles. The lowest BCUT2D eigenvalue weighted by molar-refractivity contribution is -0.128. The number of nitrogens with two attached hydrogens (primary N) is 1. The van der Waals surface area contributed by atoms with Gasteiger partial charge in [0.15, 0.2) is 11.5 Å². The highest BCUT2D eigenvalue weighted by Gasteiger charge is 2.35. The number of hydrogen-bond donors (Lipinski definition) is 3. The molecule has 43 heavy (non-hydrogen) atoms. The molecule has 0 radical (unpaired) electrons. The van der Waals surface area contributed by atoms with Gasteiger partial charge in [-0.1, -0.05) is 33.3 Å². The van der Waals surface area contributed by atoms with E-state index in [0.717, 1.165) is 30.6 Å². The summed E-state index contributed by atoms with van der Waals surface area (Å²) in [6.45, 7) is 9.88. The molecule has 9 nitrogen and oxygen atoms in total. The van der Waals surface area contributed by atoms with Crippen molar-refractivity contribution in [3.63, 3.8) is 0 Å². The van der Waals surface area contributed by atoms with Crippen LogP contribution in [-0.4, -0.2) is 70.4 Å². The summed E-state index contributed by atoms with van der Waals surface area (Å²) in [5.41, 5.74) is 7.01.